The van der Waals surface area contributed by atoms with E-state index >= 15 is 0 Å². The molecule has 5 fully saturated rings. The van der Waals surface area contributed by atoms with Crippen molar-refractivity contribution in [1.82, 2.24) is 4.90 Å². The first-order valence-corrected chi connectivity index (χ1v) is 11.4. The van der Waals surface area contributed by atoms with Gasteiger partial charge in [-0.15, -0.1) is 0 Å². The molecule has 0 saturated heterocycles. The summed E-state index contributed by atoms with van der Waals surface area (Å²) < 4.78 is 0. The minimum Gasteiger partial charge on any atom is -0.306 e. The highest BCUT2D eigenvalue weighted by molar-refractivity contribution is 5.80. The summed E-state index contributed by atoms with van der Waals surface area (Å²) in [5.74, 6) is 3.08. The fourth-order valence-electron chi connectivity index (χ4n) is 9.62. The molecule has 0 aromatic rings. The number of carbonyl (C=O) groups is 1. The molecular formula is C24H39NO. The van der Waals surface area contributed by atoms with Gasteiger partial charge in [0.2, 0.25) is 0 Å². The van der Waals surface area contributed by atoms with Gasteiger partial charge in [-0.2, -0.15) is 0 Å². The van der Waals surface area contributed by atoms with Gasteiger partial charge in [-0.25, -0.2) is 0 Å². The molecule has 5 aliphatic carbocycles. The van der Waals surface area contributed by atoms with Crippen LogP contribution >= 0.6 is 0 Å². The first-order valence-electron chi connectivity index (χ1n) is 11.4. The van der Waals surface area contributed by atoms with Crippen LogP contribution in [0.3, 0.4) is 0 Å². The van der Waals surface area contributed by atoms with Crippen LogP contribution in [0.15, 0.2) is 0 Å². The lowest BCUT2D eigenvalue weighted by atomic mass is 9.43. The van der Waals surface area contributed by atoms with Crippen LogP contribution in [0, 0.1) is 39.4 Å². The predicted molar refractivity (Wildman–Crippen MR) is 106 cm³/mol. The van der Waals surface area contributed by atoms with Crippen LogP contribution in [-0.4, -0.2) is 30.8 Å². The average Bonchev–Trinajstić information content (AvgIpc) is 3.18. The van der Waals surface area contributed by atoms with E-state index in [1.165, 1.54) is 51.4 Å². The molecule has 5 aliphatic rings. The van der Waals surface area contributed by atoms with Crippen LogP contribution in [0.4, 0.5) is 0 Å². The molecule has 8 unspecified atom stereocenters. The Labute approximate surface area is 160 Å². The third-order valence-corrected chi connectivity index (χ3v) is 11.4. The fourth-order valence-corrected chi connectivity index (χ4v) is 9.62. The molecule has 2 spiro atoms. The minimum absolute atomic E-state index is 0.508. The maximum atomic E-state index is 12.1. The maximum Gasteiger partial charge on any atom is 0.133 e. The number of fused-ring (bicyclic) bond motifs is 2. The Bertz CT molecular complexity index is 642. The standard InChI is InChI=1S/C24H39NO/c1-16(25(4)5)19-9-10-22(3)20-7-6-17-14-18(26)8-11-23(17)15-24(20,23)13-12-21(19,22)2/h16-17,19-20H,6-15H2,1-5H3. The molecule has 0 amide bonds. The second-order valence-corrected chi connectivity index (χ2v) is 11.7. The summed E-state index contributed by atoms with van der Waals surface area (Å²) >= 11 is 0. The van der Waals surface area contributed by atoms with E-state index in [1.54, 1.807) is 0 Å². The van der Waals surface area contributed by atoms with Crippen molar-refractivity contribution in [3.8, 4) is 0 Å². The molecule has 0 aliphatic heterocycles. The third-order valence-electron chi connectivity index (χ3n) is 11.4. The zero-order valence-corrected chi connectivity index (χ0v) is 17.7. The first kappa shape index (κ1) is 17.7. The van der Waals surface area contributed by atoms with Gasteiger partial charge < -0.3 is 4.90 Å². The molecule has 2 heteroatoms. The number of hydrogen-bond donors (Lipinski definition) is 0. The van der Waals surface area contributed by atoms with E-state index in [1.807, 2.05) is 0 Å². The van der Waals surface area contributed by atoms with Gasteiger partial charge in [-0.1, -0.05) is 13.8 Å². The highest BCUT2D eigenvalue weighted by Crippen LogP contribution is 2.87. The van der Waals surface area contributed by atoms with E-state index in [9.17, 15) is 4.79 Å². The molecule has 146 valence electrons. The van der Waals surface area contributed by atoms with Gasteiger partial charge in [0.05, 0.1) is 0 Å². The first-order chi connectivity index (χ1) is 12.2. The lowest BCUT2D eigenvalue weighted by molar-refractivity contribution is -0.139. The normalized spacial score (nSPS) is 56.4. The molecule has 26 heavy (non-hydrogen) atoms. The molecule has 0 bridgehead atoms. The van der Waals surface area contributed by atoms with Gasteiger partial charge in [-0.05, 0) is 112 Å². The van der Waals surface area contributed by atoms with Crippen LogP contribution in [-0.2, 0) is 4.79 Å². The van der Waals surface area contributed by atoms with Gasteiger partial charge in [0.1, 0.15) is 5.78 Å². The Kier molecular flexibility index (Phi) is 3.51. The van der Waals surface area contributed by atoms with Crippen molar-refractivity contribution in [1.29, 1.82) is 0 Å². The highest BCUT2D eigenvalue weighted by Gasteiger charge is 2.80. The Morgan fingerprint density at radius 1 is 0.962 bits per heavy atom. The van der Waals surface area contributed by atoms with E-state index in [0.717, 1.165) is 30.6 Å². The zero-order chi connectivity index (χ0) is 18.5. The molecular weight excluding hydrogens is 318 g/mol. The molecule has 0 aromatic carbocycles. The number of rotatable bonds is 2. The molecule has 5 saturated carbocycles. The number of hydrogen-bond acceptors (Lipinski definition) is 2. The minimum atomic E-state index is 0.508. The molecule has 5 rings (SSSR count). The molecule has 0 heterocycles. The summed E-state index contributed by atoms with van der Waals surface area (Å²) in [6, 6.07) is 0.688. The predicted octanol–water partition coefficient (Wildman–Crippen LogP) is 5.31. The maximum absolute atomic E-state index is 12.1. The number of ketones is 1. The smallest absolute Gasteiger partial charge is 0.133 e. The van der Waals surface area contributed by atoms with E-state index in [4.69, 9.17) is 0 Å². The highest BCUT2D eigenvalue weighted by atomic mass is 16.1. The van der Waals surface area contributed by atoms with E-state index in [2.05, 4.69) is 39.8 Å². The molecule has 0 radical (unpaired) electrons. The van der Waals surface area contributed by atoms with Crippen molar-refractivity contribution in [2.45, 2.75) is 91.0 Å². The van der Waals surface area contributed by atoms with Crippen molar-refractivity contribution in [2.24, 2.45) is 39.4 Å². The van der Waals surface area contributed by atoms with Crippen molar-refractivity contribution in [2.75, 3.05) is 14.1 Å². The molecule has 0 aromatic heterocycles. The Balaban J connectivity index is 1.49. The van der Waals surface area contributed by atoms with E-state index in [-0.39, 0.29) is 0 Å². The number of Topliss-reactive ketones (excluding diaryl/α,β-unsaturated/α-hetero) is 1. The summed E-state index contributed by atoms with van der Waals surface area (Å²) in [7, 11) is 4.54. The summed E-state index contributed by atoms with van der Waals surface area (Å²) in [6.07, 6.45) is 13.0. The van der Waals surface area contributed by atoms with Crippen LogP contribution < -0.4 is 0 Å². The van der Waals surface area contributed by atoms with Crippen molar-refractivity contribution < 1.29 is 4.79 Å². The Morgan fingerprint density at radius 3 is 2.46 bits per heavy atom. The van der Waals surface area contributed by atoms with E-state index in [0.29, 0.717) is 33.5 Å². The van der Waals surface area contributed by atoms with Crippen molar-refractivity contribution in [3.63, 3.8) is 0 Å². The lowest BCUT2D eigenvalue weighted by Gasteiger charge is -2.61. The van der Waals surface area contributed by atoms with Gasteiger partial charge >= 0.3 is 0 Å². The molecule has 8 atom stereocenters. The SMILES string of the molecule is CC(C1CCC2(C)C3CCC4CC(=O)CCC45CC35CCC12C)N(C)C. The van der Waals surface area contributed by atoms with Crippen molar-refractivity contribution >= 4 is 5.78 Å². The van der Waals surface area contributed by atoms with E-state index < -0.39 is 0 Å². The quantitative estimate of drug-likeness (QED) is 0.667. The summed E-state index contributed by atoms with van der Waals surface area (Å²) in [4.78, 5) is 14.6. The second-order valence-electron chi connectivity index (χ2n) is 11.7. The Hall–Kier alpha value is -0.370. The zero-order valence-electron chi connectivity index (χ0n) is 17.7. The number of nitrogens with zero attached hydrogens (tertiary/aromatic N) is 1. The van der Waals surface area contributed by atoms with Crippen LogP contribution in [0.25, 0.3) is 0 Å². The van der Waals surface area contributed by atoms with Crippen molar-refractivity contribution in [3.05, 3.63) is 0 Å². The topological polar surface area (TPSA) is 20.3 Å². The van der Waals surface area contributed by atoms with Gasteiger partial charge in [0.15, 0.2) is 0 Å². The molecule has 0 N–H and O–H groups in total. The molecule has 2 nitrogen and oxygen atoms in total. The second kappa shape index (κ2) is 5.16. The number of carbonyl (C=O) groups excluding carboxylic acids is 1. The summed E-state index contributed by atoms with van der Waals surface area (Å²) in [5.41, 5.74) is 2.24. The van der Waals surface area contributed by atoms with Crippen LogP contribution in [0.2, 0.25) is 0 Å². The van der Waals surface area contributed by atoms with Gasteiger partial charge in [0.25, 0.3) is 0 Å². The lowest BCUT2D eigenvalue weighted by Crippen LogP contribution is -2.56. The largest absolute Gasteiger partial charge is 0.306 e. The summed E-state index contributed by atoms with van der Waals surface area (Å²) in [6.45, 7) is 7.83. The monoisotopic (exact) mass is 357 g/mol. The summed E-state index contributed by atoms with van der Waals surface area (Å²) in [5, 5.41) is 0. The third kappa shape index (κ3) is 1.82. The van der Waals surface area contributed by atoms with Gasteiger partial charge in [-0.3, -0.25) is 4.79 Å². The van der Waals surface area contributed by atoms with Crippen LogP contribution in [0.5, 0.6) is 0 Å². The van der Waals surface area contributed by atoms with Crippen LogP contribution in [0.1, 0.15) is 85.0 Å². The average molecular weight is 358 g/mol. The fraction of sp³-hybridized carbons (Fsp3) is 0.958. The Morgan fingerprint density at radius 2 is 1.73 bits per heavy atom. The van der Waals surface area contributed by atoms with Gasteiger partial charge in [0, 0.05) is 18.9 Å².